The Labute approximate surface area is 161 Å². The summed E-state index contributed by atoms with van der Waals surface area (Å²) >= 11 is 13.6. The van der Waals surface area contributed by atoms with E-state index in [0.29, 0.717) is 22.4 Å². The van der Waals surface area contributed by atoms with Gasteiger partial charge in [0.05, 0.1) is 11.6 Å². The Kier molecular flexibility index (Phi) is 5.89. The minimum atomic E-state index is 0.506. The molecule has 0 aliphatic carbocycles. The van der Waals surface area contributed by atoms with Crippen LogP contribution in [0.1, 0.15) is 11.4 Å². The van der Waals surface area contributed by atoms with Gasteiger partial charge < -0.3 is 4.74 Å². The Morgan fingerprint density at radius 3 is 2.52 bits per heavy atom. The largest absolute Gasteiger partial charge is 0.491 e. The van der Waals surface area contributed by atoms with Gasteiger partial charge in [0.2, 0.25) is 0 Å². The topological polar surface area (TPSA) is 39.9 Å². The fourth-order valence-electron chi connectivity index (χ4n) is 2.30. The van der Waals surface area contributed by atoms with Gasteiger partial charge in [-0.05, 0) is 44.2 Å². The lowest BCUT2D eigenvalue weighted by Gasteiger charge is -2.10. The van der Waals surface area contributed by atoms with Crippen molar-refractivity contribution in [3.63, 3.8) is 0 Å². The van der Waals surface area contributed by atoms with Gasteiger partial charge in [0.15, 0.2) is 5.16 Å². The first-order valence-corrected chi connectivity index (χ1v) is 9.48. The highest BCUT2D eigenvalue weighted by Gasteiger charge is 2.11. The zero-order valence-electron chi connectivity index (χ0n) is 13.9. The highest BCUT2D eigenvalue weighted by atomic mass is 35.5. The van der Waals surface area contributed by atoms with Gasteiger partial charge in [-0.2, -0.15) is 0 Å². The molecule has 0 aliphatic heterocycles. The van der Waals surface area contributed by atoms with Crippen molar-refractivity contribution in [1.82, 2.24) is 14.8 Å². The van der Waals surface area contributed by atoms with E-state index in [2.05, 4.69) is 41.4 Å². The molecule has 0 aliphatic rings. The lowest BCUT2D eigenvalue weighted by Crippen LogP contribution is -2.03. The Hall–Kier alpha value is -1.69. The average molecular weight is 394 g/mol. The summed E-state index contributed by atoms with van der Waals surface area (Å²) in [6, 6.07) is 13.5. The summed E-state index contributed by atoms with van der Waals surface area (Å²) in [5.41, 5.74) is 2.27. The lowest BCUT2D eigenvalue weighted by atomic mass is 10.2. The molecule has 3 rings (SSSR count). The molecule has 2 aromatic carbocycles. The van der Waals surface area contributed by atoms with Crippen molar-refractivity contribution in [2.75, 3.05) is 12.4 Å². The number of halogens is 2. The molecule has 130 valence electrons. The first-order chi connectivity index (χ1) is 12.0. The molecule has 1 heterocycles. The van der Waals surface area contributed by atoms with Gasteiger partial charge in [0.25, 0.3) is 0 Å². The molecule has 0 atom stereocenters. The van der Waals surface area contributed by atoms with Crippen LogP contribution in [-0.4, -0.2) is 27.1 Å². The third-order valence-corrected chi connectivity index (χ3v) is 4.98. The third kappa shape index (κ3) is 4.48. The smallest absolute Gasteiger partial charge is 0.195 e. The van der Waals surface area contributed by atoms with Crippen molar-refractivity contribution in [3.8, 4) is 11.4 Å². The Morgan fingerprint density at radius 2 is 1.80 bits per heavy atom. The summed E-state index contributed by atoms with van der Waals surface area (Å²) in [5.74, 6) is 2.21. The van der Waals surface area contributed by atoms with Crippen LogP contribution in [0, 0.1) is 13.8 Å². The fraction of sp³-hybridized carbons (Fsp3) is 0.222. The Balaban J connectivity index is 1.63. The maximum absolute atomic E-state index is 6.10. The van der Waals surface area contributed by atoms with Crippen LogP contribution >= 0.6 is 35.0 Å². The molecule has 1 aromatic heterocycles. The van der Waals surface area contributed by atoms with E-state index in [1.54, 1.807) is 30.0 Å². The molecule has 7 heteroatoms. The fourth-order valence-corrected chi connectivity index (χ4v) is 3.58. The molecule has 0 saturated carbocycles. The van der Waals surface area contributed by atoms with Gasteiger partial charge in [0.1, 0.15) is 11.6 Å². The predicted molar refractivity (Wildman–Crippen MR) is 104 cm³/mol. The zero-order valence-corrected chi connectivity index (χ0v) is 16.2. The van der Waals surface area contributed by atoms with Gasteiger partial charge >= 0.3 is 0 Å². The number of aryl methyl sites for hydroxylation is 2. The average Bonchev–Trinajstić information content (AvgIpc) is 2.95. The van der Waals surface area contributed by atoms with Crippen LogP contribution in [0.4, 0.5) is 0 Å². The molecular formula is C18H17Cl2N3OS. The van der Waals surface area contributed by atoms with E-state index in [1.165, 1.54) is 5.56 Å². The predicted octanol–water partition coefficient (Wildman–Crippen LogP) is 5.36. The summed E-state index contributed by atoms with van der Waals surface area (Å²) in [7, 11) is 0. The van der Waals surface area contributed by atoms with E-state index in [4.69, 9.17) is 27.9 Å². The molecule has 0 spiro atoms. The van der Waals surface area contributed by atoms with Crippen LogP contribution in [0.5, 0.6) is 5.75 Å². The van der Waals surface area contributed by atoms with Gasteiger partial charge in [-0.25, -0.2) is 0 Å². The number of nitrogens with zero attached hydrogens (tertiary/aromatic N) is 3. The van der Waals surface area contributed by atoms with Crippen molar-refractivity contribution in [3.05, 3.63) is 63.9 Å². The summed E-state index contributed by atoms with van der Waals surface area (Å²) in [6.45, 7) is 4.52. The molecule has 25 heavy (non-hydrogen) atoms. The van der Waals surface area contributed by atoms with Gasteiger partial charge in [0, 0.05) is 16.5 Å². The van der Waals surface area contributed by atoms with Crippen molar-refractivity contribution in [2.24, 2.45) is 0 Å². The molecule has 0 bridgehead atoms. The van der Waals surface area contributed by atoms with E-state index >= 15 is 0 Å². The minimum absolute atomic E-state index is 0.506. The number of aromatic nitrogens is 3. The molecule has 0 amide bonds. The molecule has 0 radical (unpaired) electrons. The number of rotatable bonds is 6. The normalized spacial score (nSPS) is 10.9. The van der Waals surface area contributed by atoms with E-state index in [-0.39, 0.29) is 0 Å². The summed E-state index contributed by atoms with van der Waals surface area (Å²) in [6.07, 6.45) is 0. The van der Waals surface area contributed by atoms with E-state index in [0.717, 1.165) is 22.4 Å². The standard InChI is InChI=1S/C18H17Cl2N3OS/c1-12-3-6-15(7-4-12)23-13(2)21-22-18(23)25-10-9-24-17-8-5-14(19)11-16(17)20/h3-8,11H,9-10H2,1-2H3. The number of ether oxygens (including phenoxy) is 1. The Morgan fingerprint density at radius 1 is 1.04 bits per heavy atom. The third-order valence-electron chi connectivity index (χ3n) is 3.55. The zero-order chi connectivity index (χ0) is 17.8. The van der Waals surface area contributed by atoms with Crippen molar-refractivity contribution in [2.45, 2.75) is 19.0 Å². The molecular weight excluding hydrogens is 377 g/mol. The summed E-state index contributed by atoms with van der Waals surface area (Å²) in [4.78, 5) is 0. The Bertz CT molecular complexity index is 865. The maximum atomic E-state index is 6.10. The van der Waals surface area contributed by atoms with E-state index in [1.807, 2.05) is 11.5 Å². The second kappa shape index (κ2) is 8.13. The van der Waals surface area contributed by atoms with Crippen LogP contribution in [0.15, 0.2) is 47.6 Å². The summed E-state index contributed by atoms with van der Waals surface area (Å²) in [5, 5.41) is 10.4. The monoisotopic (exact) mass is 393 g/mol. The molecule has 4 nitrogen and oxygen atoms in total. The van der Waals surface area contributed by atoms with Crippen molar-refractivity contribution >= 4 is 35.0 Å². The molecule has 0 fully saturated rings. The highest BCUT2D eigenvalue weighted by molar-refractivity contribution is 7.99. The molecule has 0 unspecified atom stereocenters. The lowest BCUT2D eigenvalue weighted by molar-refractivity contribution is 0.344. The first kappa shape index (κ1) is 18.1. The molecule has 3 aromatic rings. The quantitative estimate of drug-likeness (QED) is 0.417. The highest BCUT2D eigenvalue weighted by Crippen LogP contribution is 2.28. The number of hydrogen-bond acceptors (Lipinski definition) is 4. The minimum Gasteiger partial charge on any atom is -0.491 e. The number of hydrogen-bond donors (Lipinski definition) is 0. The van der Waals surface area contributed by atoms with Crippen LogP contribution in [-0.2, 0) is 0 Å². The number of benzene rings is 2. The SMILES string of the molecule is Cc1ccc(-n2c(C)nnc2SCCOc2ccc(Cl)cc2Cl)cc1. The van der Waals surface area contributed by atoms with Crippen LogP contribution in [0.2, 0.25) is 10.0 Å². The molecule has 0 saturated heterocycles. The van der Waals surface area contributed by atoms with Crippen molar-refractivity contribution in [1.29, 1.82) is 0 Å². The number of thioether (sulfide) groups is 1. The van der Waals surface area contributed by atoms with Crippen molar-refractivity contribution < 1.29 is 4.74 Å². The summed E-state index contributed by atoms with van der Waals surface area (Å²) < 4.78 is 7.75. The van der Waals surface area contributed by atoms with Crippen LogP contribution in [0.3, 0.4) is 0 Å². The van der Waals surface area contributed by atoms with E-state index < -0.39 is 0 Å². The second-order valence-corrected chi connectivity index (χ2v) is 7.38. The van der Waals surface area contributed by atoms with Gasteiger partial charge in [-0.3, -0.25) is 4.57 Å². The van der Waals surface area contributed by atoms with Gasteiger partial charge in [-0.15, -0.1) is 10.2 Å². The molecule has 0 N–H and O–H groups in total. The second-order valence-electron chi connectivity index (χ2n) is 5.47. The van der Waals surface area contributed by atoms with E-state index in [9.17, 15) is 0 Å². The van der Waals surface area contributed by atoms with Gasteiger partial charge in [-0.1, -0.05) is 52.7 Å². The maximum Gasteiger partial charge on any atom is 0.195 e. The first-order valence-electron chi connectivity index (χ1n) is 7.74. The van der Waals surface area contributed by atoms with Crippen LogP contribution < -0.4 is 4.74 Å². The van der Waals surface area contributed by atoms with Crippen LogP contribution in [0.25, 0.3) is 5.69 Å².